The molecule has 0 fully saturated rings. The van der Waals surface area contributed by atoms with E-state index in [2.05, 4.69) is 68.0 Å². The van der Waals surface area contributed by atoms with Crippen LogP contribution in [0.5, 0.6) is 0 Å². The Morgan fingerprint density at radius 2 is 1.68 bits per heavy atom. The van der Waals surface area contributed by atoms with Crippen LogP contribution in [-0.4, -0.2) is 12.3 Å². The van der Waals surface area contributed by atoms with Crippen LogP contribution in [0.1, 0.15) is 27.2 Å². The highest BCUT2D eigenvalue weighted by Gasteiger charge is 2.08. The summed E-state index contributed by atoms with van der Waals surface area (Å²) in [6.07, 6.45) is 3.30. The molecule has 1 unspecified atom stereocenters. The van der Waals surface area contributed by atoms with E-state index in [0.29, 0.717) is 12.0 Å². The Kier molecular flexibility index (Phi) is 6.20. The van der Waals surface area contributed by atoms with E-state index >= 15 is 0 Å². The summed E-state index contributed by atoms with van der Waals surface area (Å²) in [6.45, 7) is 6.77. The third-order valence-electron chi connectivity index (χ3n) is 3.49. The molecular formula is C19H26N2S. The van der Waals surface area contributed by atoms with Crippen LogP contribution in [0.2, 0.25) is 0 Å². The van der Waals surface area contributed by atoms with Crippen LogP contribution in [0.25, 0.3) is 0 Å². The Bertz CT molecular complexity index is 581. The molecule has 118 valence electrons. The second kappa shape index (κ2) is 8.14. The van der Waals surface area contributed by atoms with Gasteiger partial charge in [-0.15, -0.1) is 11.8 Å². The first-order valence-electron chi connectivity index (χ1n) is 7.85. The van der Waals surface area contributed by atoms with Crippen molar-refractivity contribution in [3.8, 4) is 0 Å². The van der Waals surface area contributed by atoms with Crippen molar-refractivity contribution < 1.29 is 0 Å². The molecule has 2 nitrogen and oxygen atoms in total. The molecule has 0 saturated heterocycles. The van der Waals surface area contributed by atoms with Gasteiger partial charge < -0.3 is 10.6 Å². The van der Waals surface area contributed by atoms with E-state index in [0.717, 1.165) is 11.4 Å². The molecule has 0 aliphatic carbocycles. The number of hydrogen-bond donors (Lipinski definition) is 2. The minimum absolute atomic E-state index is 0.489. The van der Waals surface area contributed by atoms with Crippen LogP contribution in [0, 0.1) is 5.92 Å². The number of para-hydroxylation sites is 1. The minimum atomic E-state index is 0.489. The van der Waals surface area contributed by atoms with Crippen LogP contribution in [0.3, 0.4) is 0 Å². The Hall–Kier alpha value is -1.61. The third-order valence-corrected chi connectivity index (χ3v) is 4.27. The van der Waals surface area contributed by atoms with Gasteiger partial charge in [0.2, 0.25) is 0 Å². The number of benzene rings is 2. The zero-order valence-electron chi connectivity index (χ0n) is 13.9. The van der Waals surface area contributed by atoms with Crippen LogP contribution >= 0.6 is 11.8 Å². The summed E-state index contributed by atoms with van der Waals surface area (Å²) in [5.41, 5.74) is 3.46. The van der Waals surface area contributed by atoms with Gasteiger partial charge in [-0.25, -0.2) is 0 Å². The first-order valence-corrected chi connectivity index (χ1v) is 9.07. The maximum atomic E-state index is 3.60. The van der Waals surface area contributed by atoms with Gasteiger partial charge >= 0.3 is 0 Å². The number of hydrogen-bond acceptors (Lipinski definition) is 3. The van der Waals surface area contributed by atoms with Crippen molar-refractivity contribution in [1.29, 1.82) is 0 Å². The van der Waals surface area contributed by atoms with Gasteiger partial charge in [0.1, 0.15) is 0 Å². The van der Waals surface area contributed by atoms with Crippen LogP contribution in [0.15, 0.2) is 53.4 Å². The molecule has 2 rings (SSSR count). The Morgan fingerprint density at radius 1 is 0.955 bits per heavy atom. The van der Waals surface area contributed by atoms with E-state index in [9.17, 15) is 0 Å². The van der Waals surface area contributed by atoms with E-state index in [-0.39, 0.29) is 0 Å². The van der Waals surface area contributed by atoms with Gasteiger partial charge in [-0.3, -0.25) is 0 Å². The van der Waals surface area contributed by atoms with E-state index in [1.807, 2.05) is 18.2 Å². The molecule has 0 aliphatic rings. The molecule has 2 N–H and O–H groups in total. The van der Waals surface area contributed by atoms with Crippen LogP contribution in [0.4, 0.5) is 17.1 Å². The molecule has 3 heteroatoms. The first-order chi connectivity index (χ1) is 10.6. The van der Waals surface area contributed by atoms with Gasteiger partial charge in [-0.05, 0) is 55.9 Å². The quantitative estimate of drug-likeness (QED) is 0.613. The molecule has 0 bridgehead atoms. The molecule has 1 atom stereocenters. The van der Waals surface area contributed by atoms with E-state index in [1.54, 1.807) is 11.8 Å². The van der Waals surface area contributed by atoms with Gasteiger partial charge in [0, 0.05) is 22.3 Å². The predicted octanol–water partition coefficient (Wildman–Crippen LogP) is 6.00. The minimum Gasteiger partial charge on any atom is -0.383 e. The lowest BCUT2D eigenvalue weighted by atomic mass is 10.1. The van der Waals surface area contributed by atoms with Gasteiger partial charge in [-0.2, -0.15) is 0 Å². The fraction of sp³-hybridized carbons (Fsp3) is 0.368. The maximum absolute atomic E-state index is 3.60. The van der Waals surface area contributed by atoms with Crippen molar-refractivity contribution in [2.75, 3.05) is 16.9 Å². The highest BCUT2D eigenvalue weighted by molar-refractivity contribution is 7.98. The average molecular weight is 314 g/mol. The van der Waals surface area contributed by atoms with Gasteiger partial charge in [0.15, 0.2) is 0 Å². The van der Waals surface area contributed by atoms with Crippen molar-refractivity contribution in [1.82, 2.24) is 0 Å². The van der Waals surface area contributed by atoms with E-state index < -0.39 is 0 Å². The molecule has 0 saturated carbocycles. The zero-order chi connectivity index (χ0) is 15.9. The summed E-state index contributed by atoms with van der Waals surface area (Å²) >= 11 is 1.77. The van der Waals surface area contributed by atoms with Gasteiger partial charge in [0.25, 0.3) is 0 Å². The highest BCUT2D eigenvalue weighted by atomic mass is 32.2. The van der Waals surface area contributed by atoms with Crippen molar-refractivity contribution in [2.24, 2.45) is 5.92 Å². The topological polar surface area (TPSA) is 24.1 Å². The molecule has 0 aromatic heterocycles. The Morgan fingerprint density at radius 3 is 2.32 bits per heavy atom. The van der Waals surface area contributed by atoms with Crippen molar-refractivity contribution in [2.45, 2.75) is 38.1 Å². The third kappa shape index (κ3) is 4.99. The number of thioether (sulfide) groups is 1. The molecule has 0 aliphatic heterocycles. The largest absolute Gasteiger partial charge is 0.383 e. The number of nitrogens with one attached hydrogen (secondary N) is 2. The molecule has 22 heavy (non-hydrogen) atoms. The maximum Gasteiger partial charge on any atom is 0.0523 e. The van der Waals surface area contributed by atoms with Gasteiger partial charge in [-0.1, -0.05) is 32.0 Å². The number of anilines is 3. The summed E-state index contributed by atoms with van der Waals surface area (Å²) in [5.74, 6) is 0.710. The van der Waals surface area contributed by atoms with Crippen molar-refractivity contribution >= 4 is 28.8 Å². The van der Waals surface area contributed by atoms with Gasteiger partial charge in [0.05, 0.1) is 5.69 Å². The second-order valence-corrected chi connectivity index (χ2v) is 6.93. The standard InChI is InChI=1S/C19H26N2S/c1-14(2)12-15(3)20-17-10-11-18(19(13-17)22-4)21-16-8-6-5-7-9-16/h5-11,13-15,20-21H,12H2,1-4H3. The lowest BCUT2D eigenvalue weighted by Crippen LogP contribution is -2.17. The Labute approximate surface area is 138 Å². The smallest absolute Gasteiger partial charge is 0.0523 e. The fourth-order valence-corrected chi connectivity index (χ4v) is 3.20. The zero-order valence-corrected chi connectivity index (χ0v) is 14.7. The fourth-order valence-electron chi connectivity index (χ4n) is 2.61. The molecule has 0 spiro atoms. The SMILES string of the molecule is CSc1cc(NC(C)CC(C)C)ccc1Nc1ccccc1. The molecule has 0 heterocycles. The lowest BCUT2D eigenvalue weighted by Gasteiger charge is -2.19. The molecule has 0 radical (unpaired) electrons. The normalized spacial score (nSPS) is 12.2. The summed E-state index contributed by atoms with van der Waals surface area (Å²) in [7, 11) is 0. The monoisotopic (exact) mass is 314 g/mol. The molecule has 2 aromatic carbocycles. The summed E-state index contributed by atoms with van der Waals surface area (Å²) in [5, 5.41) is 7.09. The summed E-state index contributed by atoms with van der Waals surface area (Å²) in [6, 6.07) is 17.3. The Balaban J connectivity index is 2.10. The number of rotatable bonds is 7. The summed E-state index contributed by atoms with van der Waals surface area (Å²) < 4.78 is 0. The molecular weight excluding hydrogens is 288 g/mol. The first kappa shape index (κ1) is 16.8. The highest BCUT2D eigenvalue weighted by Crippen LogP contribution is 2.31. The van der Waals surface area contributed by atoms with Crippen LogP contribution < -0.4 is 10.6 Å². The van der Waals surface area contributed by atoms with Crippen molar-refractivity contribution in [3.63, 3.8) is 0 Å². The van der Waals surface area contributed by atoms with E-state index in [1.165, 1.54) is 17.0 Å². The molecule has 2 aromatic rings. The van der Waals surface area contributed by atoms with Crippen LogP contribution in [-0.2, 0) is 0 Å². The lowest BCUT2D eigenvalue weighted by molar-refractivity contribution is 0.540. The summed E-state index contributed by atoms with van der Waals surface area (Å²) in [4.78, 5) is 1.26. The second-order valence-electron chi connectivity index (χ2n) is 6.08. The van der Waals surface area contributed by atoms with Crippen molar-refractivity contribution in [3.05, 3.63) is 48.5 Å². The van der Waals surface area contributed by atoms with E-state index in [4.69, 9.17) is 0 Å². The molecule has 0 amide bonds. The average Bonchev–Trinajstić information content (AvgIpc) is 2.49. The predicted molar refractivity (Wildman–Crippen MR) is 100 cm³/mol.